The number of hydrogen-bond donors (Lipinski definition) is 1. The number of hydrogen-bond acceptors (Lipinski definition) is 3. The zero-order chi connectivity index (χ0) is 13.2. The fourth-order valence-electron chi connectivity index (χ4n) is 1.92. The summed E-state index contributed by atoms with van der Waals surface area (Å²) in [5, 5.41) is 3.06. The van der Waals surface area contributed by atoms with Gasteiger partial charge in [0.05, 0.1) is 10.2 Å². The van der Waals surface area contributed by atoms with Gasteiger partial charge in [0, 0.05) is 6.54 Å². The highest BCUT2D eigenvalue weighted by atomic mass is 79.9. The first-order chi connectivity index (χ1) is 9.24. The van der Waals surface area contributed by atoms with E-state index in [2.05, 4.69) is 21.2 Å². The zero-order valence-electron chi connectivity index (χ0n) is 9.95. The molecule has 0 spiro atoms. The minimum absolute atomic E-state index is 0.234. The molecular formula is C14H11BrFNO2. The van der Waals surface area contributed by atoms with E-state index in [9.17, 15) is 4.39 Å². The lowest BCUT2D eigenvalue weighted by Gasteiger charge is -2.09. The highest BCUT2D eigenvalue weighted by molar-refractivity contribution is 9.10. The van der Waals surface area contributed by atoms with Crippen molar-refractivity contribution in [3.8, 4) is 11.5 Å². The van der Waals surface area contributed by atoms with Gasteiger partial charge in [0.1, 0.15) is 5.82 Å². The molecule has 1 heterocycles. The van der Waals surface area contributed by atoms with Crippen LogP contribution in [-0.4, -0.2) is 6.79 Å². The second kappa shape index (κ2) is 5.09. The van der Waals surface area contributed by atoms with Gasteiger partial charge in [-0.3, -0.25) is 0 Å². The molecule has 1 aliphatic rings. The third kappa shape index (κ3) is 2.51. The molecule has 5 heteroatoms. The van der Waals surface area contributed by atoms with Gasteiger partial charge in [0.2, 0.25) is 6.79 Å². The number of rotatable bonds is 3. The fourth-order valence-corrected chi connectivity index (χ4v) is 2.53. The van der Waals surface area contributed by atoms with E-state index in [1.807, 2.05) is 12.1 Å². The van der Waals surface area contributed by atoms with Crippen molar-refractivity contribution in [2.75, 3.05) is 12.1 Å². The summed E-state index contributed by atoms with van der Waals surface area (Å²) in [6.45, 7) is 0.744. The SMILES string of the molecule is Fc1ccccc1NCc1cc(Br)c2c(c1)OCO2. The molecule has 19 heavy (non-hydrogen) atoms. The van der Waals surface area contributed by atoms with Crippen molar-refractivity contribution in [3.63, 3.8) is 0 Å². The predicted octanol–water partition coefficient (Wildman–Crippen LogP) is 3.93. The molecule has 0 fully saturated rings. The minimum atomic E-state index is -0.262. The van der Waals surface area contributed by atoms with Crippen LogP contribution in [0.3, 0.4) is 0 Å². The number of anilines is 1. The molecule has 0 saturated carbocycles. The molecule has 98 valence electrons. The van der Waals surface area contributed by atoms with Crippen LogP contribution in [0, 0.1) is 5.82 Å². The summed E-state index contributed by atoms with van der Waals surface area (Å²) in [5.74, 6) is 1.16. The fraction of sp³-hybridized carbons (Fsp3) is 0.143. The largest absolute Gasteiger partial charge is 0.454 e. The van der Waals surface area contributed by atoms with Crippen LogP contribution in [0.15, 0.2) is 40.9 Å². The number of ether oxygens (including phenoxy) is 2. The molecular weight excluding hydrogens is 313 g/mol. The van der Waals surface area contributed by atoms with Crippen LogP contribution in [0.2, 0.25) is 0 Å². The summed E-state index contributed by atoms with van der Waals surface area (Å²) >= 11 is 3.43. The lowest BCUT2D eigenvalue weighted by atomic mass is 10.2. The molecule has 0 saturated heterocycles. The first-order valence-electron chi connectivity index (χ1n) is 5.80. The molecule has 0 atom stereocenters. The van der Waals surface area contributed by atoms with E-state index in [-0.39, 0.29) is 12.6 Å². The Morgan fingerprint density at radius 1 is 1.21 bits per heavy atom. The van der Waals surface area contributed by atoms with Crippen LogP contribution in [-0.2, 0) is 6.54 Å². The van der Waals surface area contributed by atoms with E-state index in [4.69, 9.17) is 9.47 Å². The number of halogens is 2. The van der Waals surface area contributed by atoms with Crippen molar-refractivity contribution in [1.82, 2.24) is 0 Å². The Bertz CT molecular complexity index is 618. The van der Waals surface area contributed by atoms with Gasteiger partial charge in [0.25, 0.3) is 0 Å². The van der Waals surface area contributed by atoms with Gasteiger partial charge >= 0.3 is 0 Å². The monoisotopic (exact) mass is 323 g/mol. The van der Waals surface area contributed by atoms with E-state index < -0.39 is 0 Å². The van der Waals surface area contributed by atoms with Crippen LogP contribution in [0.5, 0.6) is 11.5 Å². The smallest absolute Gasteiger partial charge is 0.231 e. The summed E-state index contributed by atoms with van der Waals surface area (Å²) < 4.78 is 25.0. The van der Waals surface area contributed by atoms with Gasteiger partial charge in [-0.2, -0.15) is 0 Å². The number of benzene rings is 2. The average Bonchev–Trinajstić information content (AvgIpc) is 2.87. The second-order valence-electron chi connectivity index (χ2n) is 4.14. The molecule has 3 nitrogen and oxygen atoms in total. The number of nitrogens with one attached hydrogen (secondary N) is 1. The Hall–Kier alpha value is -1.75. The quantitative estimate of drug-likeness (QED) is 0.928. The van der Waals surface area contributed by atoms with Crippen molar-refractivity contribution in [2.45, 2.75) is 6.54 Å². The third-order valence-electron chi connectivity index (χ3n) is 2.84. The topological polar surface area (TPSA) is 30.5 Å². The summed E-state index contributed by atoms with van der Waals surface area (Å²) in [6.07, 6.45) is 0. The molecule has 1 N–H and O–H groups in total. The van der Waals surface area contributed by atoms with E-state index in [1.54, 1.807) is 18.2 Å². The average molecular weight is 324 g/mol. The molecule has 2 aromatic rings. The lowest BCUT2D eigenvalue weighted by molar-refractivity contribution is 0.173. The summed E-state index contributed by atoms with van der Waals surface area (Å²) in [7, 11) is 0. The normalized spacial score (nSPS) is 12.5. The number of fused-ring (bicyclic) bond motifs is 1. The Kier molecular flexibility index (Phi) is 3.29. The van der Waals surface area contributed by atoms with E-state index in [1.165, 1.54) is 6.07 Å². The van der Waals surface area contributed by atoms with Gasteiger partial charge in [-0.1, -0.05) is 12.1 Å². The van der Waals surface area contributed by atoms with Gasteiger partial charge in [-0.05, 0) is 45.8 Å². The van der Waals surface area contributed by atoms with Crippen molar-refractivity contribution < 1.29 is 13.9 Å². The predicted molar refractivity (Wildman–Crippen MR) is 74.0 cm³/mol. The molecule has 1 aliphatic heterocycles. The van der Waals surface area contributed by atoms with Gasteiger partial charge in [0.15, 0.2) is 11.5 Å². The summed E-state index contributed by atoms with van der Waals surface area (Å²) in [5.41, 5.74) is 1.47. The van der Waals surface area contributed by atoms with Crippen LogP contribution < -0.4 is 14.8 Å². The summed E-state index contributed by atoms with van der Waals surface area (Å²) in [6, 6.07) is 10.4. The highest BCUT2D eigenvalue weighted by Crippen LogP contribution is 2.40. The van der Waals surface area contributed by atoms with Gasteiger partial charge in [-0.15, -0.1) is 0 Å². The van der Waals surface area contributed by atoms with Crippen molar-refractivity contribution in [3.05, 3.63) is 52.3 Å². The van der Waals surface area contributed by atoms with Gasteiger partial charge < -0.3 is 14.8 Å². The maximum Gasteiger partial charge on any atom is 0.231 e. The molecule has 0 unspecified atom stereocenters. The molecule has 3 rings (SSSR count). The van der Waals surface area contributed by atoms with Crippen molar-refractivity contribution >= 4 is 21.6 Å². The van der Waals surface area contributed by atoms with E-state index in [0.717, 1.165) is 15.8 Å². The van der Waals surface area contributed by atoms with Crippen LogP contribution in [0.4, 0.5) is 10.1 Å². The van der Waals surface area contributed by atoms with Crippen LogP contribution in [0.1, 0.15) is 5.56 Å². The molecule has 0 aliphatic carbocycles. The lowest BCUT2D eigenvalue weighted by Crippen LogP contribution is -2.01. The molecule has 0 amide bonds. The second-order valence-corrected chi connectivity index (χ2v) is 5.00. The Labute approximate surface area is 118 Å². The first-order valence-corrected chi connectivity index (χ1v) is 6.60. The Morgan fingerprint density at radius 3 is 2.89 bits per heavy atom. The molecule has 2 aromatic carbocycles. The maximum absolute atomic E-state index is 13.5. The highest BCUT2D eigenvalue weighted by Gasteiger charge is 2.17. The molecule has 0 bridgehead atoms. The van der Waals surface area contributed by atoms with Gasteiger partial charge in [-0.25, -0.2) is 4.39 Å². The van der Waals surface area contributed by atoms with Crippen molar-refractivity contribution in [1.29, 1.82) is 0 Å². The Balaban J connectivity index is 1.78. The van der Waals surface area contributed by atoms with Crippen LogP contribution >= 0.6 is 15.9 Å². The third-order valence-corrected chi connectivity index (χ3v) is 3.43. The van der Waals surface area contributed by atoms with Crippen molar-refractivity contribution in [2.24, 2.45) is 0 Å². The Morgan fingerprint density at radius 2 is 2.05 bits per heavy atom. The van der Waals surface area contributed by atoms with E-state index in [0.29, 0.717) is 18.0 Å². The zero-order valence-corrected chi connectivity index (χ0v) is 11.5. The number of para-hydroxylation sites is 1. The molecule has 0 aromatic heterocycles. The van der Waals surface area contributed by atoms with E-state index >= 15 is 0 Å². The maximum atomic E-state index is 13.5. The minimum Gasteiger partial charge on any atom is -0.454 e. The summed E-state index contributed by atoms with van der Waals surface area (Å²) in [4.78, 5) is 0. The first kappa shape index (κ1) is 12.3. The van der Waals surface area contributed by atoms with Crippen LogP contribution in [0.25, 0.3) is 0 Å². The standard InChI is InChI=1S/C14H11BrFNO2/c15-10-5-9(6-13-14(10)19-8-18-13)7-17-12-4-2-1-3-11(12)16/h1-6,17H,7-8H2. The molecule has 0 radical (unpaired) electrons.